The van der Waals surface area contributed by atoms with Gasteiger partial charge in [-0.3, -0.25) is 0 Å². The zero-order valence-electron chi connectivity index (χ0n) is 7.71. The normalized spacial score (nSPS) is 52.1. The van der Waals surface area contributed by atoms with Crippen molar-refractivity contribution < 1.29 is 26.5 Å². The van der Waals surface area contributed by atoms with Gasteiger partial charge in [-0.15, -0.1) is 0 Å². The van der Waals surface area contributed by atoms with Crippen molar-refractivity contribution in [3.8, 4) is 0 Å². The maximum atomic E-state index is 9.58. The van der Waals surface area contributed by atoms with Crippen molar-refractivity contribution in [2.45, 2.75) is 37.4 Å². The summed E-state index contributed by atoms with van der Waals surface area (Å²) in [7, 11) is 0. The SMILES string of the molecule is [2H]C(C)C1(O)O[C@H](CO)[C@@H](O)[C@@H]1O. The summed E-state index contributed by atoms with van der Waals surface area (Å²) in [5.74, 6) is -2.09. The number of aliphatic hydroxyl groups excluding tert-OH is 3. The third kappa shape index (κ3) is 1.34. The summed E-state index contributed by atoms with van der Waals surface area (Å²) in [5, 5.41) is 36.9. The van der Waals surface area contributed by atoms with Crippen molar-refractivity contribution >= 4 is 0 Å². The van der Waals surface area contributed by atoms with Crippen molar-refractivity contribution in [3.05, 3.63) is 0 Å². The first-order valence-corrected chi connectivity index (χ1v) is 3.73. The van der Waals surface area contributed by atoms with Crippen molar-refractivity contribution in [1.29, 1.82) is 0 Å². The molecule has 0 amide bonds. The minimum atomic E-state index is -2.09. The van der Waals surface area contributed by atoms with Gasteiger partial charge in [-0.25, -0.2) is 0 Å². The first kappa shape index (κ1) is 8.40. The molecule has 0 aromatic carbocycles. The molecular weight excluding hydrogens is 164 g/mol. The van der Waals surface area contributed by atoms with Crippen LogP contribution in [0.3, 0.4) is 0 Å². The Hall–Kier alpha value is -0.200. The molecule has 5 heteroatoms. The van der Waals surface area contributed by atoms with Crippen LogP contribution in [0.1, 0.15) is 14.7 Å². The topological polar surface area (TPSA) is 90.2 Å². The Bertz CT molecular complexity index is 188. The Kier molecular flexibility index (Phi) is 2.29. The number of hydrogen-bond donors (Lipinski definition) is 4. The molecule has 0 saturated carbocycles. The van der Waals surface area contributed by atoms with E-state index in [-0.39, 0.29) is 0 Å². The Morgan fingerprint density at radius 1 is 1.58 bits per heavy atom. The fourth-order valence-corrected chi connectivity index (χ4v) is 1.21. The van der Waals surface area contributed by atoms with Crippen molar-refractivity contribution in [3.63, 3.8) is 0 Å². The second-order valence-corrected chi connectivity index (χ2v) is 2.81. The number of ether oxygens (including phenoxy) is 1. The highest BCUT2D eigenvalue weighted by atomic mass is 16.7. The van der Waals surface area contributed by atoms with Crippen molar-refractivity contribution in [2.75, 3.05) is 6.61 Å². The summed E-state index contributed by atoms with van der Waals surface area (Å²) in [6.45, 7) is 0.822. The van der Waals surface area contributed by atoms with Crippen LogP contribution >= 0.6 is 0 Å². The molecule has 1 heterocycles. The van der Waals surface area contributed by atoms with E-state index < -0.39 is 37.1 Å². The van der Waals surface area contributed by atoms with Gasteiger partial charge < -0.3 is 25.2 Å². The molecule has 72 valence electrons. The van der Waals surface area contributed by atoms with Gasteiger partial charge in [-0.05, 0) is 0 Å². The van der Waals surface area contributed by atoms with Crippen LogP contribution in [-0.2, 0) is 4.74 Å². The summed E-state index contributed by atoms with van der Waals surface area (Å²) >= 11 is 0. The van der Waals surface area contributed by atoms with Gasteiger partial charge in [0, 0.05) is 7.77 Å². The van der Waals surface area contributed by atoms with Crippen molar-refractivity contribution in [1.82, 2.24) is 0 Å². The third-order valence-corrected chi connectivity index (χ3v) is 2.06. The lowest BCUT2D eigenvalue weighted by molar-refractivity contribution is -0.231. The molecular formula is C7H14O5. The van der Waals surface area contributed by atoms with Crippen LogP contribution in [0.2, 0.25) is 0 Å². The molecule has 1 rings (SSSR count). The van der Waals surface area contributed by atoms with Crippen molar-refractivity contribution in [2.24, 2.45) is 0 Å². The smallest absolute Gasteiger partial charge is 0.194 e. The average Bonchev–Trinajstić information content (AvgIpc) is 2.31. The molecule has 5 nitrogen and oxygen atoms in total. The zero-order valence-corrected chi connectivity index (χ0v) is 6.71. The van der Waals surface area contributed by atoms with E-state index in [9.17, 15) is 15.3 Å². The number of rotatable bonds is 2. The van der Waals surface area contributed by atoms with Crippen LogP contribution in [0, 0.1) is 0 Å². The zero-order chi connectivity index (χ0) is 10.2. The average molecular weight is 179 g/mol. The lowest BCUT2D eigenvalue weighted by atomic mass is 10.0. The molecule has 4 N–H and O–H groups in total. The first-order chi connectivity index (χ1) is 5.93. The fraction of sp³-hybridized carbons (Fsp3) is 1.00. The molecule has 5 atom stereocenters. The van der Waals surface area contributed by atoms with Gasteiger partial charge in [0.1, 0.15) is 18.3 Å². The summed E-state index contributed by atoms with van der Waals surface area (Å²) in [6, 6.07) is 0. The van der Waals surface area contributed by atoms with E-state index >= 15 is 0 Å². The number of hydrogen-bond acceptors (Lipinski definition) is 5. The fourth-order valence-electron chi connectivity index (χ4n) is 1.21. The van der Waals surface area contributed by atoms with Gasteiger partial charge >= 0.3 is 0 Å². The highest BCUT2D eigenvalue weighted by molar-refractivity contribution is 4.94. The maximum Gasteiger partial charge on any atom is 0.194 e. The first-order valence-electron chi connectivity index (χ1n) is 4.30. The van der Waals surface area contributed by atoms with Crippen LogP contribution in [0.4, 0.5) is 0 Å². The molecule has 12 heavy (non-hydrogen) atoms. The lowest BCUT2D eigenvalue weighted by Crippen LogP contribution is -2.42. The van der Waals surface area contributed by atoms with E-state index in [0.717, 1.165) is 0 Å². The standard InChI is InChI=1S/C7H14O5/c1-2-7(11)6(10)5(9)4(3-8)12-7/h4-6,8-11H,2-3H2,1H3/t4-,5-,6+,7?/m1/s1/i2D/t2?,4-,5-,6+,7?. The Morgan fingerprint density at radius 3 is 2.42 bits per heavy atom. The van der Waals surface area contributed by atoms with Gasteiger partial charge in [0.05, 0.1) is 6.61 Å². The molecule has 0 aromatic heterocycles. The second kappa shape index (κ2) is 3.27. The summed E-state index contributed by atoms with van der Waals surface area (Å²) in [6.07, 6.45) is -5.05. The highest BCUT2D eigenvalue weighted by Gasteiger charge is 2.51. The van der Waals surface area contributed by atoms with Crippen LogP contribution in [-0.4, -0.2) is 51.1 Å². The predicted molar refractivity (Wildman–Crippen MR) is 39.2 cm³/mol. The molecule has 0 spiro atoms. The minimum absolute atomic E-state index is 0.507. The van der Waals surface area contributed by atoms with E-state index in [1.165, 1.54) is 6.92 Å². The van der Waals surface area contributed by atoms with E-state index in [2.05, 4.69) is 0 Å². The summed E-state index contributed by atoms with van der Waals surface area (Å²) < 4.78 is 12.0. The van der Waals surface area contributed by atoms with Crippen LogP contribution in [0.5, 0.6) is 0 Å². The van der Waals surface area contributed by atoms with E-state index in [0.29, 0.717) is 0 Å². The summed E-state index contributed by atoms with van der Waals surface area (Å²) in [5.41, 5.74) is 0. The van der Waals surface area contributed by atoms with E-state index in [4.69, 9.17) is 11.2 Å². The highest BCUT2D eigenvalue weighted by Crippen LogP contribution is 2.31. The van der Waals surface area contributed by atoms with Crippen LogP contribution in [0.15, 0.2) is 0 Å². The maximum absolute atomic E-state index is 9.58. The van der Waals surface area contributed by atoms with E-state index in [1.807, 2.05) is 0 Å². The Labute approximate surface area is 71.6 Å². The van der Waals surface area contributed by atoms with Gasteiger partial charge in [0.25, 0.3) is 0 Å². The Morgan fingerprint density at radius 2 is 2.17 bits per heavy atom. The molecule has 0 bridgehead atoms. The quantitative estimate of drug-likeness (QED) is 0.401. The summed E-state index contributed by atoms with van der Waals surface area (Å²) in [4.78, 5) is 0. The van der Waals surface area contributed by atoms with Gasteiger partial charge in [0.2, 0.25) is 0 Å². The second-order valence-electron chi connectivity index (χ2n) is 2.81. The lowest BCUT2D eigenvalue weighted by Gasteiger charge is -2.23. The molecule has 1 aliphatic rings. The molecule has 0 radical (unpaired) electrons. The molecule has 1 saturated heterocycles. The van der Waals surface area contributed by atoms with Crippen LogP contribution in [0.25, 0.3) is 0 Å². The molecule has 2 unspecified atom stereocenters. The molecule has 0 aromatic rings. The minimum Gasteiger partial charge on any atom is -0.394 e. The van der Waals surface area contributed by atoms with Crippen LogP contribution < -0.4 is 0 Å². The molecule has 1 fully saturated rings. The Balaban J connectivity index is 2.81. The largest absolute Gasteiger partial charge is 0.394 e. The molecule has 0 aliphatic carbocycles. The monoisotopic (exact) mass is 179 g/mol. The van der Waals surface area contributed by atoms with Gasteiger partial charge in [-0.2, -0.15) is 0 Å². The van der Waals surface area contributed by atoms with E-state index in [1.54, 1.807) is 0 Å². The predicted octanol–water partition coefficient (Wildman–Crippen LogP) is -1.80. The molecule has 1 aliphatic heterocycles. The number of aliphatic hydroxyl groups is 4. The van der Waals surface area contributed by atoms with Gasteiger partial charge in [0.15, 0.2) is 5.79 Å². The third-order valence-electron chi connectivity index (χ3n) is 2.06. The van der Waals surface area contributed by atoms with Gasteiger partial charge in [-0.1, -0.05) is 6.92 Å².